The minimum absolute atomic E-state index is 0.102. The molecule has 0 radical (unpaired) electrons. The Morgan fingerprint density at radius 1 is 0.609 bits per heavy atom. The van der Waals surface area contributed by atoms with Gasteiger partial charge in [0.25, 0.3) is 6.71 Å². The molecular weight excluding hydrogens is 597 g/mol. The minimum Gasteiger partial charge on any atom is -0.309 e. The number of fused-ring (bicyclic) bond motifs is 13. The predicted molar refractivity (Wildman–Crippen MR) is 201 cm³/mol. The molecule has 5 heterocycles. The van der Waals surface area contributed by atoms with Gasteiger partial charge in [-0.15, -0.1) is 0 Å². The highest BCUT2D eigenvalue weighted by Crippen LogP contribution is 2.55. The Bertz CT molecular complexity index is 2690. The summed E-state index contributed by atoms with van der Waals surface area (Å²) in [5.41, 5.74) is 12.9. The number of aromatic nitrogens is 2. The second-order valence-electron chi connectivity index (χ2n) is 13.5. The number of para-hydroxylation sites is 4. The summed E-state index contributed by atoms with van der Waals surface area (Å²) in [4.78, 5) is 10.9. The third kappa shape index (κ3) is 3.02. The fraction of sp³-hybridized carbons (Fsp3) is 0.0750. The molecule has 2 aromatic heterocycles. The first-order chi connectivity index (χ1) is 22.5. The van der Waals surface area contributed by atoms with Gasteiger partial charge in [0, 0.05) is 42.5 Å². The lowest BCUT2D eigenvalue weighted by Crippen LogP contribution is -2.60. The first kappa shape index (κ1) is 25.5. The summed E-state index contributed by atoms with van der Waals surface area (Å²) in [7, 11) is -1.14. The van der Waals surface area contributed by atoms with E-state index in [2.05, 4.69) is 143 Å². The van der Waals surface area contributed by atoms with Gasteiger partial charge in [-0.1, -0.05) is 96.7 Å². The first-order valence-electron chi connectivity index (χ1n) is 15.8. The lowest BCUT2D eigenvalue weighted by molar-refractivity contribution is 1.14. The van der Waals surface area contributed by atoms with Crippen LogP contribution in [0.3, 0.4) is 0 Å². The van der Waals surface area contributed by atoms with Crippen molar-refractivity contribution in [2.75, 3.05) is 23.7 Å². The molecule has 3 aliphatic heterocycles. The summed E-state index contributed by atoms with van der Waals surface area (Å²) in [6.07, 6.45) is 7.12. The molecule has 0 N–H and O–H groups in total. The molecule has 0 atom stereocenters. The third-order valence-electron chi connectivity index (χ3n) is 10.2. The fourth-order valence-corrected chi connectivity index (χ4v) is 10.8. The van der Waals surface area contributed by atoms with Crippen molar-refractivity contribution in [2.45, 2.75) is 14.8 Å². The maximum absolute atomic E-state index is 5.74. The van der Waals surface area contributed by atoms with Gasteiger partial charge in [-0.2, -0.15) is 0 Å². The number of nitrogens with zero attached hydrogens (tertiary/aromatic N) is 3. The summed E-state index contributed by atoms with van der Waals surface area (Å²) >= 11 is 1.90. The molecule has 0 saturated heterocycles. The van der Waals surface area contributed by atoms with Gasteiger partial charge in [0.05, 0.1) is 33.1 Å². The molecule has 218 valence electrons. The van der Waals surface area contributed by atoms with Crippen LogP contribution in [0.15, 0.2) is 130 Å². The lowest BCUT2D eigenvalue weighted by Gasteiger charge is -2.43. The van der Waals surface area contributed by atoms with Gasteiger partial charge in [-0.3, -0.25) is 0 Å². The fourth-order valence-electron chi connectivity index (χ4n) is 8.51. The van der Waals surface area contributed by atoms with Gasteiger partial charge < -0.3 is 9.47 Å². The smallest absolute Gasteiger partial charge is 0.252 e. The molecule has 11 rings (SSSR count). The normalized spacial score (nSPS) is 14.6. The summed E-state index contributed by atoms with van der Waals surface area (Å²) < 4.78 is 2.57. The van der Waals surface area contributed by atoms with Crippen molar-refractivity contribution in [1.29, 1.82) is 0 Å². The highest BCUT2D eigenvalue weighted by molar-refractivity contribution is 8.32. The van der Waals surface area contributed by atoms with Crippen molar-refractivity contribution in [1.82, 2.24) is 9.55 Å². The van der Waals surface area contributed by atoms with Gasteiger partial charge in [-0.25, -0.2) is 15.0 Å². The van der Waals surface area contributed by atoms with E-state index in [1.807, 2.05) is 11.8 Å². The number of pyridine rings is 1. The third-order valence-corrected chi connectivity index (χ3v) is 12.8. The Balaban J connectivity index is 1.44. The topological polar surface area (TPSA) is 21.1 Å². The summed E-state index contributed by atoms with van der Waals surface area (Å²) in [5, 5.41) is 7.61. The van der Waals surface area contributed by atoms with Crippen LogP contribution in [0.5, 0.6) is 0 Å². The molecule has 0 bridgehead atoms. The average Bonchev–Trinajstić information content (AvgIpc) is 3.41. The van der Waals surface area contributed by atoms with E-state index in [1.54, 1.807) is 0 Å². The zero-order chi connectivity index (χ0) is 30.5. The van der Waals surface area contributed by atoms with E-state index < -0.39 is 10.0 Å². The SMILES string of the molecule is CS(C)(C)c1nc2c3c4c(cc2c2ccccc12)N1c2ccccc2Sc2cccc(c21)B4c1cccc2c4ccccc4n-3c12. The van der Waals surface area contributed by atoms with E-state index in [4.69, 9.17) is 4.98 Å². The zero-order valence-electron chi connectivity index (χ0n) is 25.7. The highest BCUT2D eigenvalue weighted by atomic mass is 32.3. The Hall–Kier alpha value is -4.65. The van der Waals surface area contributed by atoms with Crippen molar-refractivity contribution in [3.63, 3.8) is 0 Å². The van der Waals surface area contributed by atoms with Crippen LogP contribution in [-0.4, -0.2) is 35.0 Å². The number of anilines is 3. The molecule has 6 aromatic carbocycles. The standard InChI is InChI=1S/C40H28BN3S2/c1-46(2,3)40-26-14-5-4-12-23(26)27-22-32-35-39(36(27)42-40)44-30-18-7-6-13-24(30)25-15-10-16-28(37(25)44)41(35)29-17-11-21-34-38(29)43(32)31-19-8-9-20-33(31)45-34/h4-22H,1-3H3. The largest absolute Gasteiger partial charge is 0.309 e. The van der Waals surface area contributed by atoms with Crippen LogP contribution in [0.2, 0.25) is 0 Å². The van der Waals surface area contributed by atoms with Crippen LogP contribution in [0.4, 0.5) is 17.1 Å². The molecule has 3 nitrogen and oxygen atoms in total. The van der Waals surface area contributed by atoms with Crippen LogP contribution in [0.1, 0.15) is 0 Å². The molecule has 0 fully saturated rings. The van der Waals surface area contributed by atoms with Gasteiger partial charge in [0.15, 0.2) is 0 Å². The van der Waals surface area contributed by atoms with Crippen molar-refractivity contribution in [2.24, 2.45) is 0 Å². The van der Waals surface area contributed by atoms with E-state index in [-0.39, 0.29) is 6.71 Å². The summed E-state index contributed by atoms with van der Waals surface area (Å²) in [6, 6.07) is 43.1. The molecule has 0 amide bonds. The Kier molecular flexibility index (Phi) is 4.76. The summed E-state index contributed by atoms with van der Waals surface area (Å²) in [6.45, 7) is 0.102. The lowest BCUT2D eigenvalue weighted by atomic mass is 9.33. The van der Waals surface area contributed by atoms with E-state index >= 15 is 0 Å². The Morgan fingerprint density at radius 3 is 2.17 bits per heavy atom. The van der Waals surface area contributed by atoms with Gasteiger partial charge in [0.2, 0.25) is 0 Å². The monoisotopic (exact) mass is 625 g/mol. The predicted octanol–water partition coefficient (Wildman–Crippen LogP) is 8.62. The zero-order valence-corrected chi connectivity index (χ0v) is 27.3. The van der Waals surface area contributed by atoms with Crippen molar-refractivity contribution in [3.8, 4) is 5.69 Å². The quantitative estimate of drug-likeness (QED) is 0.135. The molecule has 8 aromatic rings. The van der Waals surface area contributed by atoms with E-state index in [0.29, 0.717) is 0 Å². The molecule has 0 saturated carbocycles. The molecule has 3 aliphatic rings. The van der Waals surface area contributed by atoms with Gasteiger partial charge in [0.1, 0.15) is 0 Å². The van der Waals surface area contributed by atoms with Crippen LogP contribution in [0.25, 0.3) is 49.2 Å². The minimum atomic E-state index is -1.14. The first-order valence-corrected chi connectivity index (χ1v) is 19.5. The average molecular weight is 626 g/mol. The van der Waals surface area contributed by atoms with Crippen LogP contribution in [-0.2, 0) is 0 Å². The second-order valence-corrected chi connectivity index (χ2v) is 18.6. The highest BCUT2D eigenvalue weighted by Gasteiger charge is 2.45. The van der Waals surface area contributed by atoms with Crippen molar-refractivity contribution in [3.05, 3.63) is 115 Å². The number of benzene rings is 6. The Labute approximate surface area is 273 Å². The van der Waals surface area contributed by atoms with Gasteiger partial charge >= 0.3 is 0 Å². The van der Waals surface area contributed by atoms with E-state index in [0.717, 1.165) is 5.52 Å². The molecular formula is C40H28BN3S2. The maximum atomic E-state index is 5.74. The molecule has 0 unspecified atom stereocenters. The van der Waals surface area contributed by atoms with Crippen molar-refractivity contribution < 1.29 is 0 Å². The molecule has 6 heteroatoms. The maximum Gasteiger partial charge on any atom is 0.252 e. The second kappa shape index (κ2) is 8.58. The van der Waals surface area contributed by atoms with Gasteiger partial charge in [-0.05, 0) is 70.9 Å². The van der Waals surface area contributed by atoms with Crippen LogP contribution < -0.4 is 21.3 Å². The molecule has 46 heavy (non-hydrogen) atoms. The summed E-state index contributed by atoms with van der Waals surface area (Å²) in [5.74, 6) is 0. The number of rotatable bonds is 1. The van der Waals surface area contributed by atoms with Crippen molar-refractivity contribution >= 4 is 105 Å². The van der Waals surface area contributed by atoms with E-state index in [9.17, 15) is 0 Å². The Morgan fingerprint density at radius 2 is 1.30 bits per heavy atom. The van der Waals surface area contributed by atoms with Crippen LogP contribution >= 0.6 is 21.8 Å². The number of hydrogen-bond donors (Lipinski definition) is 0. The van der Waals surface area contributed by atoms with Crippen LogP contribution in [0, 0.1) is 0 Å². The molecule has 0 aliphatic carbocycles. The molecule has 0 spiro atoms. The number of hydrogen-bond acceptors (Lipinski definition) is 3. The van der Waals surface area contributed by atoms with E-state index in [1.165, 1.54) is 91.9 Å².